The molecule has 1 N–H and O–H groups in total. The molecule has 2 aliphatic rings. The van der Waals surface area contributed by atoms with Gasteiger partial charge >= 0.3 is 12.0 Å². The van der Waals surface area contributed by atoms with Crippen LogP contribution in [0.25, 0.3) is 0 Å². The van der Waals surface area contributed by atoms with Crippen LogP contribution in [0.2, 0.25) is 0 Å². The number of amides is 3. The Morgan fingerprint density at radius 1 is 1.26 bits per heavy atom. The van der Waals surface area contributed by atoms with Crippen LogP contribution in [-0.4, -0.2) is 48.3 Å². The second-order valence-corrected chi connectivity index (χ2v) is 7.66. The third kappa shape index (κ3) is 3.39. The summed E-state index contributed by atoms with van der Waals surface area (Å²) in [7, 11) is 0. The molecule has 0 saturated carbocycles. The van der Waals surface area contributed by atoms with Gasteiger partial charge in [-0.2, -0.15) is 0 Å². The number of urea groups is 1. The van der Waals surface area contributed by atoms with Crippen molar-refractivity contribution in [1.82, 2.24) is 10.2 Å². The number of fused-ring (bicyclic) bond motifs is 2. The van der Waals surface area contributed by atoms with Gasteiger partial charge in [-0.25, -0.2) is 4.79 Å². The number of hydrogen-bond donors (Lipinski definition) is 1. The van der Waals surface area contributed by atoms with Crippen LogP contribution >= 0.6 is 0 Å². The second kappa shape index (κ2) is 6.68. The van der Waals surface area contributed by atoms with E-state index in [0.29, 0.717) is 11.3 Å². The van der Waals surface area contributed by atoms with Crippen molar-refractivity contribution >= 4 is 23.7 Å². The number of hydrogen-bond acceptors (Lipinski definition) is 6. The summed E-state index contributed by atoms with van der Waals surface area (Å²) >= 11 is 0. The lowest BCUT2D eigenvalue weighted by atomic mass is 9.84. The third-order valence-corrected chi connectivity index (χ3v) is 4.75. The van der Waals surface area contributed by atoms with Crippen LogP contribution < -0.4 is 10.1 Å². The minimum absolute atomic E-state index is 0.247. The summed E-state index contributed by atoms with van der Waals surface area (Å²) in [6.07, 6.45) is 0.267. The maximum Gasteiger partial charge on any atom is 0.326 e. The fourth-order valence-electron chi connectivity index (χ4n) is 3.05. The highest BCUT2D eigenvalue weighted by Gasteiger charge is 2.55. The highest BCUT2D eigenvalue weighted by Crippen LogP contribution is 2.40. The number of nitrogens with zero attached hydrogens (tertiary/aromatic N) is 1. The van der Waals surface area contributed by atoms with E-state index in [4.69, 9.17) is 9.47 Å². The summed E-state index contributed by atoms with van der Waals surface area (Å²) in [4.78, 5) is 50.1. The van der Waals surface area contributed by atoms with Crippen molar-refractivity contribution in [3.8, 4) is 5.75 Å². The number of carbonyl (C=O) groups excluding carboxylic acids is 4. The highest BCUT2D eigenvalue weighted by atomic mass is 16.5. The Bertz CT molecular complexity index is 813. The molecule has 27 heavy (non-hydrogen) atoms. The van der Waals surface area contributed by atoms with E-state index in [0.717, 1.165) is 4.90 Å². The van der Waals surface area contributed by atoms with Crippen molar-refractivity contribution in [2.45, 2.75) is 32.7 Å². The summed E-state index contributed by atoms with van der Waals surface area (Å²) in [5.74, 6) is -1.06. The lowest BCUT2D eigenvalue weighted by Crippen LogP contribution is -2.47. The van der Waals surface area contributed by atoms with Gasteiger partial charge in [0, 0.05) is 17.4 Å². The summed E-state index contributed by atoms with van der Waals surface area (Å²) < 4.78 is 10.5. The molecule has 1 aromatic rings. The van der Waals surface area contributed by atoms with Gasteiger partial charge in [-0.1, -0.05) is 39.0 Å². The Labute approximate surface area is 156 Å². The van der Waals surface area contributed by atoms with Crippen molar-refractivity contribution in [2.24, 2.45) is 5.41 Å². The van der Waals surface area contributed by atoms with Gasteiger partial charge in [-0.3, -0.25) is 19.3 Å². The number of para-hydroxylation sites is 1. The molecule has 0 aliphatic carbocycles. The zero-order chi connectivity index (χ0) is 19.8. The lowest BCUT2D eigenvalue weighted by molar-refractivity contribution is -0.152. The van der Waals surface area contributed by atoms with Gasteiger partial charge in [0.25, 0.3) is 5.91 Å². The van der Waals surface area contributed by atoms with Gasteiger partial charge in [0.2, 0.25) is 0 Å². The van der Waals surface area contributed by atoms with E-state index in [1.54, 1.807) is 45.0 Å². The van der Waals surface area contributed by atoms with E-state index in [2.05, 4.69) is 5.32 Å². The molecule has 1 atom stereocenters. The van der Waals surface area contributed by atoms with Crippen molar-refractivity contribution in [3.05, 3.63) is 29.8 Å². The number of ether oxygens (including phenoxy) is 2. The molecule has 1 fully saturated rings. The van der Waals surface area contributed by atoms with Gasteiger partial charge < -0.3 is 14.8 Å². The largest absolute Gasteiger partial charge is 0.493 e. The number of benzene rings is 1. The number of rotatable bonds is 4. The first-order chi connectivity index (χ1) is 12.6. The number of imide groups is 1. The molecule has 0 unspecified atom stereocenters. The molecule has 1 spiro atoms. The normalized spacial score (nSPS) is 21.5. The highest BCUT2D eigenvalue weighted by molar-refractivity contribution is 6.09. The first-order valence-electron chi connectivity index (χ1n) is 8.70. The zero-order valence-corrected chi connectivity index (χ0v) is 15.5. The minimum atomic E-state index is -1.24. The van der Waals surface area contributed by atoms with Crippen LogP contribution in [0.3, 0.4) is 0 Å². The molecule has 3 amide bonds. The molecule has 1 saturated heterocycles. The Morgan fingerprint density at radius 3 is 2.67 bits per heavy atom. The van der Waals surface area contributed by atoms with Gasteiger partial charge in [0.15, 0.2) is 17.9 Å². The molecule has 0 aromatic heterocycles. The SMILES string of the molecule is CC(C)(C)C(=O)COC(=O)CN1C(=O)N[C@]2(CCOc3ccccc32)C1=O. The molecule has 3 rings (SSSR count). The summed E-state index contributed by atoms with van der Waals surface area (Å²) in [5, 5.41) is 2.70. The average Bonchev–Trinajstić information content (AvgIpc) is 2.84. The second-order valence-electron chi connectivity index (χ2n) is 7.66. The zero-order valence-electron chi connectivity index (χ0n) is 15.5. The topological polar surface area (TPSA) is 102 Å². The van der Waals surface area contributed by atoms with Gasteiger partial charge in [0.1, 0.15) is 12.3 Å². The lowest BCUT2D eigenvalue weighted by Gasteiger charge is -2.33. The molecule has 8 heteroatoms. The van der Waals surface area contributed by atoms with E-state index in [-0.39, 0.29) is 18.8 Å². The molecule has 2 heterocycles. The summed E-state index contributed by atoms with van der Waals surface area (Å²) in [6, 6.07) is 6.31. The van der Waals surface area contributed by atoms with E-state index in [1.807, 2.05) is 0 Å². The van der Waals surface area contributed by atoms with Crippen LogP contribution in [0.5, 0.6) is 5.75 Å². The van der Waals surface area contributed by atoms with Gasteiger partial charge in [-0.05, 0) is 6.07 Å². The van der Waals surface area contributed by atoms with E-state index in [9.17, 15) is 19.2 Å². The average molecular weight is 374 g/mol. The smallest absolute Gasteiger partial charge is 0.326 e. The van der Waals surface area contributed by atoms with Crippen LogP contribution in [0.1, 0.15) is 32.8 Å². The number of esters is 1. The maximum absolute atomic E-state index is 13.0. The Hall–Kier alpha value is -2.90. The van der Waals surface area contributed by atoms with Crippen LogP contribution in [0, 0.1) is 5.41 Å². The van der Waals surface area contributed by atoms with Crippen LogP contribution in [-0.2, 0) is 24.7 Å². The number of nitrogens with one attached hydrogen (secondary N) is 1. The van der Waals surface area contributed by atoms with Gasteiger partial charge in [0.05, 0.1) is 6.61 Å². The van der Waals surface area contributed by atoms with Crippen molar-refractivity contribution in [3.63, 3.8) is 0 Å². The van der Waals surface area contributed by atoms with Crippen molar-refractivity contribution < 1.29 is 28.7 Å². The predicted octanol–water partition coefficient (Wildman–Crippen LogP) is 1.37. The Balaban J connectivity index is 1.73. The monoisotopic (exact) mass is 374 g/mol. The molecule has 0 radical (unpaired) electrons. The van der Waals surface area contributed by atoms with Crippen molar-refractivity contribution in [2.75, 3.05) is 19.8 Å². The number of ketones is 1. The number of Topliss-reactive ketones (excluding diaryl/α,β-unsaturated/α-hetero) is 1. The third-order valence-electron chi connectivity index (χ3n) is 4.75. The molecule has 2 aliphatic heterocycles. The Kier molecular flexibility index (Phi) is 4.67. The van der Waals surface area contributed by atoms with E-state index >= 15 is 0 Å². The standard InChI is InChI=1S/C19H22N2O6/c1-18(2,3)14(22)11-27-15(23)10-21-16(24)19(20-17(21)25)8-9-26-13-7-5-4-6-12(13)19/h4-7H,8-11H2,1-3H3,(H,20,25)/t19-/m0/s1. The van der Waals surface area contributed by atoms with E-state index in [1.165, 1.54) is 0 Å². The quantitative estimate of drug-likeness (QED) is 0.631. The van der Waals surface area contributed by atoms with Crippen LogP contribution in [0.4, 0.5) is 4.79 Å². The molecule has 144 valence electrons. The Morgan fingerprint density at radius 2 is 1.96 bits per heavy atom. The van der Waals surface area contributed by atoms with Crippen LogP contribution in [0.15, 0.2) is 24.3 Å². The van der Waals surface area contributed by atoms with E-state index < -0.39 is 42.0 Å². The maximum atomic E-state index is 13.0. The van der Waals surface area contributed by atoms with Gasteiger partial charge in [-0.15, -0.1) is 0 Å². The van der Waals surface area contributed by atoms with Crippen molar-refractivity contribution in [1.29, 1.82) is 0 Å². The summed E-state index contributed by atoms with van der Waals surface area (Å²) in [6.45, 7) is 4.47. The summed E-state index contributed by atoms with van der Waals surface area (Å²) in [5.41, 5.74) is -1.32. The molecule has 0 bridgehead atoms. The molecule has 1 aromatic carbocycles. The number of carbonyl (C=O) groups is 4. The fourth-order valence-corrected chi connectivity index (χ4v) is 3.05. The fraction of sp³-hybridized carbons (Fsp3) is 0.474. The minimum Gasteiger partial charge on any atom is -0.493 e. The molecular weight excluding hydrogens is 352 g/mol. The molecule has 8 nitrogen and oxygen atoms in total. The molecular formula is C19H22N2O6. The predicted molar refractivity (Wildman–Crippen MR) is 93.9 cm³/mol. The first kappa shape index (κ1) is 18.9. The first-order valence-corrected chi connectivity index (χ1v) is 8.70.